The summed E-state index contributed by atoms with van der Waals surface area (Å²) < 4.78 is 18.3. The Morgan fingerprint density at radius 3 is 2.00 bits per heavy atom. The van der Waals surface area contributed by atoms with Crippen molar-refractivity contribution in [2.45, 2.75) is 66.0 Å². The summed E-state index contributed by atoms with van der Waals surface area (Å²) in [6, 6.07) is 3.31. The van der Waals surface area contributed by atoms with Crippen molar-refractivity contribution in [3.05, 3.63) is 51.7 Å². The minimum atomic E-state index is -1.19. The van der Waals surface area contributed by atoms with Crippen LogP contribution in [-0.4, -0.2) is 54.0 Å². The maximum atomic E-state index is 13.4. The van der Waals surface area contributed by atoms with Crippen LogP contribution in [0.5, 0.6) is 0 Å². The molecule has 0 fully saturated rings. The molecule has 0 saturated heterocycles. The number of esters is 1. The van der Waals surface area contributed by atoms with Crippen molar-refractivity contribution in [2.24, 2.45) is 11.8 Å². The van der Waals surface area contributed by atoms with Gasteiger partial charge in [-0.2, -0.15) is 0 Å². The number of rotatable bonds is 12. The Balaban J connectivity index is 2.38. The van der Waals surface area contributed by atoms with E-state index >= 15 is 0 Å². The van der Waals surface area contributed by atoms with E-state index in [0.717, 1.165) is 11.3 Å². The lowest BCUT2D eigenvalue weighted by Crippen LogP contribution is -2.54. The second-order valence-electron chi connectivity index (χ2n) is 10.0. The highest BCUT2D eigenvalue weighted by molar-refractivity contribution is 7.18. The molecule has 4 N–H and O–H groups in total. The number of hydrogen-bond acceptors (Lipinski definition) is 7. The Morgan fingerprint density at radius 2 is 1.52 bits per heavy atom. The first-order valence-corrected chi connectivity index (χ1v) is 13.7. The smallest absolute Gasteiger partial charge is 0.341 e. The number of amides is 3. The number of methoxy groups -OCH3 is 1. The van der Waals surface area contributed by atoms with Crippen LogP contribution in [0.15, 0.2) is 24.3 Å². The van der Waals surface area contributed by atoms with Crippen LogP contribution >= 0.6 is 11.3 Å². The molecule has 0 bridgehead atoms. The number of anilines is 1. The molecule has 0 aliphatic rings. The van der Waals surface area contributed by atoms with Crippen LogP contribution in [0.25, 0.3) is 0 Å². The molecule has 1 heterocycles. The minimum absolute atomic E-state index is 0.00347. The fourth-order valence-electron chi connectivity index (χ4n) is 4.13. The highest BCUT2D eigenvalue weighted by atomic mass is 32.1. The molecule has 0 aliphatic heterocycles. The summed E-state index contributed by atoms with van der Waals surface area (Å²) in [5, 5.41) is 17.4. The van der Waals surface area contributed by atoms with Gasteiger partial charge in [0.1, 0.15) is 22.9 Å². The maximum Gasteiger partial charge on any atom is 0.341 e. The molecule has 10 nitrogen and oxygen atoms in total. The highest BCUT2D eigenvalue weighted by Gasteiger charge is 2.33. The zero-order valence-corrected chi connectivity index (χ0v) is 24.4. The van der Waals surface area contributed by atoms with Gasteiger partial charge in [0.2, 0.25) is 11.8 Å². The summed E-state index contributed by atoms with van der Waals surface area (Å²) >= 11 is 0.850. The standard InChI is InChI=1S/C28H36FN3O7S/c1-8-18(16-9-11-17(29)12-10-16)23(33)32-26-19(28(38)39-7)15(6)22(40-26)25(35)30-20(13(2)3)24(34)31-21(14(4)5)27(36)37/h9-14,18,20-21H,8H2,1-7H3,(H,30,35)(H,31,34)(H,32,33)(H,36,37). The molecule has 218 valence electrons. The number of halogens is 1. The monoisotopic (exact) mass is 577 g/mol. The van der Waals surface area contributed by atoms with Gasteiger partial charge >= 0.3 is 11.9 Å². The summed E-state index contributed by atoms with van der Waals surface area (Å²) in [5.74, 6) is -5.63. The predicted molar refractivity (Wildman–Crippen MR) is 149 cm³/mol. The fourth-order valence-corrected chi connectivity index (χ4v) is 5.23. The van der Waals surface area contributed by atoms with Crippen LogP contribution in [0.1, 0.15) is 78.1 Å². The number of nitrogens with one attached hydrogen (secondary N) is 3. The summed E-state index contributed by atoms with van der Waals surface area (Å²) in [6.45, 7) is 10.0. The van der Waals surface area contributed by atoms with E-state index in [4.69, 9.17) is 4.74 Å². The number of carboxylic acid groups (broad SMARTS) is 1. The Bertz CT molecular complexity index is 1260. The summed E-state index contributed by atoms with van der Waals surface area (Å²) in [5.41, 5.74) is 0.823. The Morgan fingerprint density at radius 1 is 0.950 bits per heavy atom. The van der Waals surface area contributed by atoms with E-state index in [0.29, 0.717) is 12.0 Å². The molecule has 0 spiro atoms. The second kappa shape index (κ2) is 14.0. The first kappa shape index (κ1) is 32.4. The molecule has 0 radical (unpaired) electrons. The first-order chi connectivity index (χ1) is 18.7. The minimum Gasteiger partial charge on any atom is -0.480 e. The zero-order valence-electron chi connectivity index (χ0n) is 23.6. The molecule has 12 heteroatoms. The molecule has 3 atom stereocenters. The van der Waals surface area contributed by atoms with Gasteiger partial charge in [-0.05, 0) is 48.4 Å². The van der Waals surface area contributed by atoms with Crippen molar-refractivity contribution in [1.29, 1.82) is 0 Å². The number of aliphatic carboxylic acids is 1. The van der Waals surface area contributed by atoms with Crippen molar-refractivity contribution < 1.29 is 38.2 Å². The van der Waals surface area contributed by atoms with E-state index in [1.807, 2.05) is 0 Å². The number of thiophene rings is 1. The quantitative estimate of drug-likeness (QED) is 0.277. The van der Waals surface area contributed by atoms with Crippen LogP contribution in [0.2, 0.25) is 0 Å². The third-order valence-corrected chi connectivity index (χ3v) is 7.65. The second-order valence-corrected chi connectivity index (χ2v) is 11.0. The molecular formula is C28H36FN3O7S. The number of hydrogen-bond donors (Lipinski definition) is 4. The summed E-state index contributed by atoms with van der Waals surface area (Å²) in [7, 11) is 1.17. The van der Waals surface area contributed by atoms with Gasteiger partial charge in [-0.25, -0.2) is 14.0 Å². The molecule has 1 aromatic carbocycles. The van der Waals surface area contributed by atoms with Gasteiger partial charge < -0.3 is 25.8 Å². The molecule has 0 saturated carbocycles. The van der Waals surface area contributed by atoms with Gasteiger partial charge in [-0.3, -0.25) is 14.4 Å². The average Bonchev–Trinajstić information content (AvgIpc) is 3.21. The van der Waals surface area contributed by atoms with E-state index in [1.165, 1.54) is 38.3 Å². The van der Waals surface area contributed by atoms with E-state index in [9.17, 15) is 33.5 Å². The van der Waals surface area contributed by atoms with Crippen molar-refractivity contribution in [2.75, 3.05) is 12.4 Å². The number of ether oxygens (including phenoxy) is 1. The molecule has 0 aliphatic carbocycles. The fraction of sp³-hybridized carbons (Fsp3) is 0.464. The molecule has 3 unspecified atom stereocenters. The molecule has 1 aromatic heterocycles. The van der Waals surface area contributed by atoms with Crippen LogP contribution < -0.4 is 16.0 Å². The molecule has 2 rings (SSSR count). The van der Waals surface area contributed by atoms with E-state index in [1.54, 1.807) is 34.6 Å². The summed E-state index contributed by atoms with van der Waals surface area (Å²) in [4.78, 5) is 63.8. The van der Waals surface area contributed by atoms with Gasteiger partial charge in [-0.15, -0.1) is 11.3 Å². The van der Waals surface area contributed by atoms with Crippen molar-refractivity contribution in [3.63, 3.8) is 0 Å². The van der Waals surface area contributed by atoms with Gasteiger partial charge in [0.05, 0.1) is 23.5 Å². The third kappa shape index (κ3) is 7.65. The number of benzene rings is 1. The Hall–Kier alpha value is -3.80. The van der Waals surface area contributed by atoms with E-state index in [2.05, 4.69) is 16.0 Å². The van der Waals surface area contributed by atoms with E-state index < -0.39 is 59.4 Å². The first-order valence-electron chi connectivity index (χ1n) is 12.8. The third-order valence-electron chi connectivity index (χ3n) is 6.44. The normalized spacial score (nSPS) is 13.3. The van der Waals surface area contributed by atoms with Crippen LogP contribution in [0.4, 0.5) is 9.39 Å². The zero-order chi connectivity index (χ0) is 30.3. The topological polar surface area (TPSA) is 151 Å². The van der Waals surface area contributed by atoms with Crippen LogP contribution in [-0.2, 0) is 19.1 Å². The Labute approximate surface area is 236 Å². The SMILES string of the molecule is CCC(C(=O)Nc1sc(C(=O)NC(C(=O)NC(C(=O)O)C(C)C)C(C)C)c(C)c1C(=O)OC)c1ccc(F)cc1. The van der Waals surface area contributed by atoms with Crippen molar-refractivity contribution in [1.82, 2.24) is 10.6 Å². The average molecular weight is 578 g/mol. The molecule has 2 aromatic rings. The van der Waals surface area contributed by atoms with Crippen molar-refractivity contribution in [3.8, 4) is 0 Å². The maximum absolute atomic E-state index is 13.4. The van der Waals surface area contributed by atoms with Crippen LogP contribution in [0, 0.1) is 24.6 Å². The van der Waals surface area contributed by atoms with Gasteiger partial charge in [0, 0.05) is 0 Å². The van der Waals surface area contributed by atoms with Gasteiger partial charge in [0.25, 0.3) is 5.91 Å². The molecule has 40 heavy (non-hydrogen) atoms. The lowest BCUT2D eigenvalue weighted by Gasteiger charge is -2.25. The number of carbonyl (C=O) groups excluding carboxylic acids is 4. The lowest BCUT2D eigenvalue weighted by atomic mass is 9.95. The van der Waals surface area contributed by atoms with Gasteiger partial charge in [0.15, 0.2) is 0 Å². The number of carboxylic acids is 1. The highest BCUT2D eigenvalue weighted by Crippen LogP contribution is 2.35. The van der Waals surface area contributed by atoms with Crippen LogP contribution in [0.3, 0.4) is 0 Å². The Kier molecular flexibility index (Phi) is 11.4. The van der Waals surface area contributed by atoms with E-state index in [-0.39, 0.29) is 26.9 Å². The lowest BCUT2D eigenvalue weighted by molar-refractivity contribution is -0.143. The largest absolute Gasteiger partial charge is 0.480 e. The predicted octanol–water partition coefficient (Wildman–Crippen LogP) is 4.09. The molecule has 3 amide bonds. The summed E-state index contributed by atoms with van der Waals surface area (Å²) in [6.07, 6.45) is 0.390. The number of carbonyl (C=O) groups is 5. The van der Waals surface area contributed by atoms with Crippen molar-refractivity contribution >= 4 is 46.0 Å². The van der Waals surface area contributed by atoms with Gasteiger partial charge in [-0.1, -0.05) is 46.8 Å². The molecular weight excluding hydrogens is 541 g/mol.